The number of ether oxygens (including phenoxy) is 1. The van der Waals surface area contributed by atoms with Crippen molar-refractivity contribution in [3.8, 4) is 17.0 Å². The van der Waals surface area contributed by atoms with E-state index in [4.69, 9.17) is 0 Å². The molecule has 4 rings (SSSR count). The van der Waals surface area contributed by atoms with Gasteiger partial charge in [-0.15, -0.1) is 13.2 Å². The standard InChI is InChI=1S/C26H18F6N4O2/c27-25(28,29)21-8-4-1-5-16(21)15-34-23(37)20-7-3-2-6-19(20)22-13-14-33-24(36-22)35-17-9-11-18(12-10-17)38-26(30,31)32/h1-14H,15H2,(H,34,37)(H,33,35,36). The van der Waals surface area contributed by atoms with Gasteiger partial charge in [-0.05, 0) is 48.0 Å². The molecule has 38 heavy (non-hydrogen) atoms. The Bertz CT molecular complexity index is 1420. The number of hydrogen-bond acceptors (Lipinski definition) is 5. The highest BCUT2D eigenvalue weighted by Gasteiger charge is 2.33. The summed E-state index contributed by atoms with van der Waals surface area (Å²) in [6, 6.07) is 17.8. The number of rotatable bonds is 7. The fourth-order valence-electron chi connectivity index (χ4n) is 3.56. The maximum absolute atomic E-state index is 13.3. The van der Waals surface area contributed by atoms with Crippen LogP contribution in [0, 0.1) is 0 Å². The number of carbonyl (C=O) groups excluding carboxylic acids is 1. The topological polar surface area (TPSA) is 76.1 Å². The second-order valence-electron chi connectivity index (χ2n) is 7.85. The number of anilines is 2. The van der Waals surface area contributed by atoms with Gasteiger partial charge in [-0.25, -0.2) is 9.97 Å². The third-order valence-electron chi connectivity index (χ3n) is 5.21. The Hall–Kier alpha value is -4.61. The van der Waals surface area contributed by atoms with Crippen LogP contribution < -0.4 is 15.4 Å². The van der Waals surface area contributed by atoms with Gasteiger partial charge in [-0.2, -0.15) is 13.2 Å². The molecule has 0 aliphatic rings. The highest BCUT2D eigenvalue weighted by atomic mass is 19.4. The maximum atomic E-state index is 13.3. The van der Waals surface area contributed by atoms with Gasteiger partial charge in [0.2, 0.25) is 5.95 Å². The lowest BCUT2D eigenvalue weighted by molar-refractivity contribution is -0.274. The Morgan fingerprint density at radius 1 is 0.842 bits per heavy atom. The molecule has 12 heteroatoms. The maximum Gasteiger partial charge on any atom is 0.573 e. The first kappa shape index (κ1) is 26.5. The summed E-state index contributed by atoms with van der Waals surface area (Å²) < 4.78 is 80.7. The molecule has 0 aliphatic carbocycles. The SMILES string of the molecule is O=C(NCc1ccccc1C(F)(F)F)c1ccccc1-c1ccnc(Nc2ccc(OC(F)(F)F)cc2)n1. The number of aromatic nitrogens is 2. The lowest BCUT2D eigenvalue weighted by Crippen LogP contribution is -2.25. The second kappa shape index (κ2) is 10.8. The lowest BCUT2D eigenvalue weighted by atomic mass is 10.0. The van der Waals surface area contributed by atoms with Gasteiger partial charge in [-0.3, -0.25) is 4.79 Å². The van der Waals surface area contributed by atoms with E-state index in [1.807, 2.05) is 0 Å². The average Bonchev–Trinajstić information content (AvgIpc) is 2.87. The zero-order valence-corrected chi connectivity index (χ0v) is 19.3. The van der Waals surface area contributed by atoms with Crippen molar-refractivity contribution in [3.63, 3.8) is 0 Å². The summed E-state index contributed by atoms with van der Waals surface area (Å²) in [5, 5.41) is 5.38. The molecule has 4 aromatic rings. The summed E-state index contributed by atoms with van der Waals surface area (Å²) in [5.74, 6) is -0.900. The van der Waals surface area contributed by atoms with Crippen molar-refractivity contribution in [2.24, 2.45) is 0 Å². The summed E-state index contributed by atoms with van der Waals surface area (Å²) in [5.41, 5.74) is 0.375. The minimum Gasteiger partial charge on any atom is -0.406 e. The Labute approximate surface area is 212 Å². The van der Waals surface area contributed by atoms with E-state index in [1.54, 1.807) is 18.2 Å². The van der Waals surface area contributed by atoms with Crippen LogP contribution in [0.1, 0.15) is 21.5 Å². The minimum atomic E-state index is -4.81. The van der Waals surface area contributed by atoms with Gasteiger partial charge < -0.3 is 15.4 Å². The minimum absolute atomic E-state index is 0.0778. The first-order valence-electron chi connectivity index (χ1n) is 11.0. The van der Waals surface area contributed by atoms with E-state index < -0.39 is 29.8 Å². The first-order chi connectivity index (χ1) is 18.0. The summed E-state index contributed by atoms with van der Waals surface area (Å²) in [6.07, 6.45) is -7.96. The van der Waals surface area contributed by atoms with Gasteiger partial charge in [0.1, 0.15) is 5.75 Å². The predicted molar refractivity (Wildman–Crippen MR) is 126 cm³/mol. The van der Waals surface area contributed by atoms with Crippen LogP contribution in [0.25, 0.3) is 11.3 Å². The van der Waals surface area contributed by atoms with Gasteiger partial charge in [-0.1, -0.05) is 36.4 Å². The van der Waals surface area contributed by atoms with Crippen LogP contribution in [0.15, 0.2) is 85.1 Å². The normalized spacial score (nSPS) is 11.6. The van der Waals surface area contributed by atoms with Crippen LogP contribution >= 0.6 is 0 Å². The summed E-state index contributed by atoms with van der Waals surface area (Å²) in [6.45, 7) is -0.340. The van der Waals surface area contributed by atoms with E-state index in [0.29, 0.717) is 16.9 Å². The zero-order valence-electron chi connectivity index (χ0n) is 19.3. The largest absolute Gasteiger partial charge is 0.573 e. The van der Waals surface area contributed by atoms with Gasteiger partial charge in [0, 0.05) is 29.6 Å². The van der Waals surface area contributed by atoms with Crippen LogP contribution in [0.2, 0.25) is 0 Å². The van der Waals surface area contributed by atoms with E-state index in [0.717, 1.165) is 18.2 Å². The van der Waals surface area contributed by atoms with E-state index in [1.165, 1.54) is 48.7 Å². The van der Waals surface area contributed by atoms with Crippen LogP contribution in [0.5, 0.6) is 5.75 Å². The quantitative estimate of drug-likeness (QED) is 0.258. The average molecular weight is 532 g/mol. The molecule has 0 unspecified atom stereocenters. The molecule has 0 saturated heterocycles. The smallest absolute Gasteiger partial charge is 0.406 e. The Morgan fingerprint density at radius 3 is 2.24 bits per heavy atom. The molecule has 0 spiro atoms. The van der Waals surface area contributed by atoms with Gasteiger partial charge in [0.15, 0.2) is 0 Å². The fraction of sp³-hybridized carbons (Fsp3) is 0.115. The second-order valence-corrected chi connectivity index (χ2v) is 7.85. The summed E-state index contributed by atoms with van der Waals surface area (Å²) in [7, 11) is 0. The molecular weight excluding hydrogens is 514 g/mol. The molecule has 0 saturated carbocycles. The van der Waals surface area contributed by atoms with Crippen molar-refractivity contribution < 1.29 is 35.9 Å². The van der Waals surface area contributed by atoms with Crippen LogP contribution in [0.4, 0.5) is 38.0 Å². The molecule has 2 N–H and O–H groups in total. The lowest BCUT2D eigenvalue weighted by Gasteiger charge is -2.14. The molecule has 1 heterocycles. The van der Waals surface area contributed by atoms with E-state index in [-0.39, 0.29) is 23.6 Å². The summed E-state index contributed by atoms with van der Waals surface area (Å²) in [4.78, 5) is 21.4. The molecule has 0 radical (unpaired) electrons. The van der Waals surface area contributed by atoms with Crippen molar-refractivity contribution in [3.05, 3.63) is 102 Å². The van der Waals surface area contributed by atoms with Gasteiger partial charge in [0.05, 0.1) is 11.3 Å². The third-order valence-corrected chi connectivity index (χ3v) is 5.21. The molecule has 196 valence electrons. The van der Waals surface area contributed by atoms with Crippen LogP contribution in [0.3, 0.4) is 0 Å². The molecule has 3 aromatic carbocycles. The molecular formula is C26H18F6N4O2. The number of carbonyl (C=O) groups is 1. The molecule has 1 aromatic heterocycles. The Kier molecular flexibility index (Phi) is 7.51. The Balaban J connectivity index is 1.51. The fourth-order valence-corrected chi connectivity index (χ4v) is 3.56. The number of alkyl halides is 6. The van der Waals surface area contributed by atoms with E-state index in [2.05, 4.69) is 25.3 Å². The zero-order chi connectivity index (χ0) is 27.3. The van der Waals surface area contributed by atoms with E-state index >= 15 is 0 Å². The molecule has 0 fully saturated rings. The number of hydrogen-bond donors (Lipinski definition) is 2. The third kappa shape index (κ3) is 6.78. The van der Waals surface area contributed by atoms with Crippen molar-refractivity contribution in [1.82, 2.24) is 15.3 Å². The number of amides is 1. The predicted octanol–water partition coefficient (Wildman–Crippen LogP) is 6.73. The van der Waals surface area contributed by atoms with Gasteiger partial charge in [0.25, 0.3) is 5.91 Å². The number of benzene rings is 3. The number of nitrogens with one attached hydrogen (secondary N) is 2. The van der Waals surface area contributed by atoms with Gasteiger partial charge >= 0.3 is 12.5 Å². The molecule has 6 nitrogen and oxygen atoms in total. The van der Waals surface area contributed by atoms with Crippen molar-refractivity contribution in [2.45, 2.75) is 19.1 Å². The number of nitrogens with zero attached hydrogens (tertiary/aromatic N) is 2. The number of halogens is 6. The monoisotopic (exact) mass is 532 g/mol. The molecule has 0 aliphatic heterocycles. The Morgan fingerprint density at radius 2 is 1.53 bits per heavy atom. The van der Waals surface area contributed by atoms with Crippen LogP contribution in [-0.4, -0.2) is 22.2 Å². The molecule has 0 bridgehead atoms. The molecule has 1 amide bonds. The summed E-state index contributed by atoms with van der Waals surface area (Å²) >= 11 is 0. The highest BCUT2D eigenvalue weighted by Crippen LogP contribution is 2.32. The van der Waals surface area contributed by atoms with E-state index in [9.17, 15) is 31.1 Å². The highest BCUT2D eigenvalue weighted by molar-refractivity contribution is 6.00. The van der Waals surface area contributed by atoms with Crippen molar-refractivity contribution >= 4 is 17.5 Å². The first-order valence-corrected chi connectivity index (χ1v) is 11.0. The molecule has 0 atom stereocenters. The van der Waals surface area contributed by atoms with Crippen LogP contribution in [-0.2, 0) is 12.7 Å². The van der Waals surface area contributed by atoms with Crippen molar-refractivity contribution in [2.75, 3.05) is 5.32 Å². The van der Waals surface area contributed by atoms with Crippen molar-refractivity contribution in [1.29, 1.82) is 0 Å².